The highest BCUT2D eigenvalue weighted by Crippen LogP contribution is 2.28. The fraction of sp³-hybridized carbons (Fsp3) is 0.333. The van der Waals surface area contributed by atoms with Crippen LogP contribution in [0, 0.1) is 0 Å². The summed E-state index contributed by atoms with van der Waals surface area (Å²) in [6.45, 7) is 0. The molecule has 0 saturated carbocycles. The van der Waals surface area contributed by atoms with Gasteiger partial charge in [-0.25, -0.2) is 0 Å². The molecule has 1 aromatic rings. The SMILES string of the molecule is COc1nc(Br)c(Br)nc1OC. The Morgan fingerprint density at radius 3 is 1.50 bits per heavy atom. The molecule has 4 nitrogen and oxygen atoms in total. The fourth-order valence-electron chi connectivity index (χ4n) is 0.632. The number of ether oxygens (including phenoxy) is 2. The van der Waals surface area contributed by atoms with Crippen LogP contribution in [0.5, 0.6) is 11.8 Å². The van der Waals surface area contributed by atoms with Crippen LogP contribution in [-0.2, 0) is 0 Å². The first-order chi connectivity index (χ1) is 5.69. The van der Waals surface area contributed by atoms with Crippen molar-refractivity contribution in [3.05, 3.63) is 9.21 Å². The lowest BCUT2D eigenvalue weighted by Crippen LogP contribution is -1.97. The molecule has 0 amide bonds. The first-order valence-corrected chi connectivity index (χ1v) is 4.58. The van der Waals surface area contributed by atoms with Crippen LogP contribution in [0.1, 0.15) is 0 Å². The second-order valence-electron chi connectivity index (χ2n) is 1.82. The maximum Gasteiger partial charge on any atom is 0.278 e. The van der Waals surface area contributed by atoms with E-state index in [0.29, 0.717) is 21.0 Å². The van der Waals surface area contributed by atoms with E-state index in [1.807, 2.05) is 0 Å². The van der Waals surface area contributed by atoms with E-state index in [4.69, 9.17) is 9.47 Å². The van der Waals surface area contributed by atoms with Gasteiger partial charge in [0.1, 0.15) is 9.21 Å². The van der Waals surface area contributed by atoms with Gasteiger partial charge in [-0.05, 0) is 31.9 Å². The van der Waals surface area contributed by atoms with Gasteiger partial charge in [-0.1, -0.05) is 0 Å². The first-order valence-electron chi connectivity index (χ1n) is 3.00. The Balaban J connectivity index is 3.19. The summed E-state index contributed by atoms with van der Waals surface area (Å²) < 4.78 is 11.0. The van der Waals surface area contributed by atoms with E-state index in [0.717, 1.165) is 0 Å². The van der Waals surface area contributed by atoms with Gasteiger partial charge in [0.05, 0.1) is 14.2 Å². The second-order valence-corrected chi connectivity index (χ2v) is 3.33. The zero-order chi connectivity index (χ0) is 9.14. The van der Waals surface area contributed by atoms with E-state index in [1.54, 1.807) is 0 Å². The standard InChI is InChI=1S/C6H6Br2N2O2/c1-11-5-6(12-2)10-4(8)3(7)9-5/h1-2H3. The summed E-state index contributed by atoms with van der Waals surface area (Å²) in [5.41, 5.74) is 0. The number of methoxy groups -OCH3 is 2. The van der Waals surface area contributed by atoms with Gasteiger partial charge in [0, 0.05) is 0 Å². The lowest BCUT2D eigenvalue weighted by molar-refractivity contribution is 0.330. The third kappa shape index (κ3) is 1.87. The molecule has 0 aliphatic carbocycles. The predicted molar refractivity (Wildman–Crippen MR) is 50.5 cm³/mol. The zero-order valence-corrected chi connectivity index (χ0v) is 9.64. The molecule has 0 N–H and O–H groups in total. The van der Waals surface area contributed by atoms with Gasteiger partial charge < -0.3 is 9.47 Å². The lowest BCUT2D eigenvalue weighted by Gasteiger charge is -2.05. The lowest BCUT2D eigenvalue weighted by atomic mass is 10.7. The molecule has 0 unspecified atom stereocenters. The zero-order valence-electron chi connectivity index (χ0n) is 6.47. The molecule has 0 aliphatic heterocycles. The average Bonchev–Trinajstić information content (AvgIpc) is 2.09. The van der Waals surface area contributed by atoms with Gasteiger partial charge in [-0.2, -0.15) is 9.97 Å². The monoisotopic (exact) mass is 296 g/mol. The first kappa shape index (κ1) is 9.73. The summed E-state index contributed by atoms with van der Waals surface area (Å²) in [5.74, 6) is 0.708. The molecule has 0 atom stereocenters. The molecule has 0 aromatic carbocycles. The summed E-state index contributed by atoms with van der Waals surface area (Å²) in [6, 6.07) is 0. The third-order valence-corrected chi connectivity index (χ3v) is 2.78. The summed E-state index contributed by atoms with van der Waals surface area (Å²) >= 11 is 6.39. The fourth-order valence-corrected chi connectivity index (χ4v) is 1.13. The molecule has 0 bridgehead atoms. The van der Waals surface area contributed by atoms with Crippen molar-refractivity contribution in [2.24, 2.45) is 0 Å². The van der Waals surface area contributed by atoms with Crippen LogP contribution in [0.2, 0.25) is 0 Å². The molecule has 6 heteroatoms. The Morgan fingerprint density at radius 2 is 1.25 bits per heavy atom. The van der Waals surface area contributed by atoms with Gasteiger partial charge in [0.25, 0.3) is 11.8 Å². The summed E-state index contributed by atoms with van der Waals surface area (Å²) in [6.07, 6.45) is 0. The van der Waals surface area contributed by atoms with Crippen molar-refractivity contribution in [1.82, 2.24) is 9.97 Å². The normalized spacial score (nSPS) is 9.67. The van der Waals surface area contributed by atoms with Crippen LogP contribution in [0.3, 0.4) is 0 Å². The number of aromatic nitrogens is 2. The van der Waals surface area contributed by atoms with Crippen molar-refractivity contribution < 1.29 is 9.47 Å². The quantitative estimate of drug-likeness (QED) is 0.838. The summed E-state index contributed by atoms with van der Waals surface area (Å²) in [5, 5.41) is 0. The van der Waals surface area contributed by atoms with Crippen LogP contribution < -0.4 is 9.47 Å². The highest BCUT2D eigenvalue weighted by molar-refractivity contribution is 9.13. The minimum atomic E-state index is 0.354. The minimum Gasteiger partial charge on any atom is -0.477 e. The van der Waals surface area contributed by atoms with E-state index in [-0.39, 0.29) is 0 Å². The van der Waals surface area contributed by atoms with Gasteiger partial charge in [0.15, 0.2) is 0 Å². The Labute approximate surface area is 86.6 Å². The van der Waals surface area contributed by atoms with Gasteiger partial charge in [-0.15, -0.1) is 0 Å². The molecule has 1 rings (SSSR count). The van der Waals surface area contributed by atoms with E-state index < -0.39 is 0 Å². The van der Waals surface area contributed by atoms with Crippen LogP contribution in [0.15, 0.2) is 9.21 Å². The predicted octanol–water partition coefficient (Wildman–Crippen LogP) is 2.02. The Morgan fingerprint density at radius 1 is 0.917 bits per heavy atom. The van der Waals surface area contributed by atoms with Crippen LogP contribution >= 0.6 is 31.9 Å². The van der Waals surface area contributed by atoms with Crippen LogP contribution in [0.25, 0.3) is 0 Å². The van der Waals surface area contributed by atoms with Crippen molar-refractivity contribution in [3.63, 3.8) is 0 Å². The molecule has 12 heavy (non-hydrogen) atoms. The Bertz CT molecular complexity index is 264. The van der Waals surface area contributed by atoms with E-state index in [2.05, 4.69) is 41.8 Å². The number of hydrogen-bond acceptors (Lipinski definition) is 4. The van der Waals surface area contributed by atoms with Crippen molar-refractivity contribution in [2.75, 3.05) is 14.2 Å². The van der Waals surface area contributed by atoms with Crippen LogP contribution in [-0.4, -0.2) is 24.2 Å². The molecular formula is C6H6Br2N2O2. The van der Waals surface area contributed by atoms with Gasteiger partial charge in [0.2, 0.25) is 0 Å². The molecule has 66 valence electrons. The molecule has 0 aliphatic rings. The molecule has 0 spiro atoms. The molecule has 1 heterocycles. The maximum absolute atomic E-state index is 4.92. The van der Waals surface area contributed by atoms with Gasteiger partial charge in [-0.3, -0.25) is 0 Å². The Hall–Kier alpha value is -0.360. The highest BCUT2D eigenvalue weighted by Gasteiger charge is 2.10. The minimum absolute atomic E-state index is 0.354. The van der Waals surface area contributed by atoms with E-state index >= 15 is 0 Å². The average molecular weight is 298 g/mol. The molecular weight excluding hydrogens is 292 g/mol. The van der Waals surface area contributed by atoms with Crippen LogP contribution in [0.4, 0.5) is 0 Å². The number of hydrogen-bond donors (Lipinski definition) is 0. The summed E-state index contributed by atoms with van der Waals surface area (Å²) in [7, 11) is 3.01. The molecule has 0 radical (unpaired) electrons. The van der Waals surface area contributed by atoms with Crippen molar-refractivity contribution in [2.45, 2.75) is 0 Å². The molecule has 1 aromatic heterocycles. The smallest absolute Gasteiger partial charge is 0.278 e. The van der Waals surface area contributed by atoms with E-state index in [1.165, 1.54) is 14.2 Å². The van der Waals surface area contributed by atoms with Gasteiger partial charge >= 0.3 is 0 Å². The number of rotatable bonds is 2. The van der Waals surface area contributed by atoms with E-state index in [9.17, 15) is 0 Å². The van der Waals surface area contributed by atoms with Crippen molar-refractivity contribution in [1.29, 1.82) is 0 Å². The van der Waals surface area contributed by atoms with Crippen molar-refractivity contribution in [3.8, 4) is 11.8 Å². The third-order valence-electron chi connectivity index (χ3n) is 1.14. The van der Waals surface area contributed by atoms with Crippen molar-refractivity contribution >= 4 is 31.9 Å². The Kier molecular flexibility index (Phi) is 3.28. The summed E-state index contributed by atoms with van der Waals surface area (Å²) in [4.78, 5) is 8.04. The highest BCUT2D eigenvalue weighted by atomic mass is 79.9. The number of halogens is 2. The topological polar surface area (TPSA) is 44.2 Å². The maximum atomic E-state index is 4.92. The molecule has 0 saturated heterocycles. The number of nitrogens with zero attached hydrogens (tertiary/aromatic N) is 2. The second kappa shape index (κ2) is 4.04. The molecule has 0 fully saturated rings. The largest absolute Gasteiger partial charge is 0.477 e.